The maximum absolute atomic E-state index is 12.6. The van der Waals surface area contributed by atoms with E-state index < -0.39 is 11.7 Å². The molecule has 0 fully saturated rings. The van der Waals surface area contributed by atoms with Crippen molar-refractivity contribution in [2.24, 2.45) is 0 Å². The first-order valence-electron chi connectivity index (χ1n) is 5.96. The van der Waals surface area contributed by atoms with Gasteiger partial charge in [-0.25, -0.2) is 9.97 Å². The molecule has 0 aliphatic heterocycles. The third-order valence-electron chi connectivity index (χ3n) is 2.44. The molecule has 2 N–H and O–H groups in total. The highest BCUT2D eigenvalue weighted by atomic mass is 32.2. The normalized spacial score (nSPS) is 11.6. The number of nitrogens with zero attached hydrogens (tertiary/aromatic N) is 2. The Bertz CT molecular complexity index is 605. The topological polar surface area (TPSA) is 51.8 Å². The Kier molecular flexibility index (Phi) is 5.35. The first-order valence-corrected chi connectivity index (χ1v) is 7.93. The minimum atomic E-state index is -4.31. The molecule has 2 rings (SSSR count). The third-order valence-corrected chi connectivity index (χ3v) is 4.69. The molecule has 0 atom stereocenters. The zero-order valence-electron chi connectivity index (χ0n) is 10.8. The number of thioether (sulfide) groups is 2. The number of aromatic nitrogens is 2. The maximum Gasteiger partial charge on any atom is 0.416 e. The highest BCUT2D eigenvalue weighted by Gasteiger charge is 2.30. The van der Waals surface area contributed by atoms with E-state index in [4.69, 9.17) is 5.73 Å². The van der Waals surface area contributed by atoms with E-state index in [2.05, 4.69) is 9.97 Å². The van der Waals surface area contributed by atoms with Gasteiger partial charge in [0, 0.05) is 28.8 Å². The molecule has 2 aromatic rings. The molecule has 0 aliphatic carbocycles. The van der Waals surface area contributed by atoms with E-state index in [0.717, 1.165) is 12.1 Å². The second-order valence-electron chi connectivity index (χ2n) is 3.97. The van der Waals surface area contributed by atoms with E-state index in [1.165, 1.54) is 35.8 Å². The minimum absolute atomic E-state index is 0.367. The molecule has 8 heteroatoms. The zero-order valence-corrected chi connectivity index (χ0v) is 12.4. The quantitative estimate of drug-likeness (QED) is 0.664. The van der Waals surface area contributed by atoms with Crippen LogP contribution in [0.3, 0.4) is 0 Å². The predicted octanol–water partition coefficient (Wildman–Crippen LogP) is 3.96. The van der Waals surface area contributed by atoms with E-state index in [9.17, 15) is 13.2 Å². The van der Waals surface area contributed by atoms with Crippen molar-refractivity contribution in [1.82, 2.24) is 9.97 Å². The molecule has 1 heterocycles. The predicted molar refractivity (Wildman–Crippen MR) is 79.3 cm³/mol. The lowest BCUT2D eigenvalue weighted by atomic mass is 10.2. The van der Waals surface area contributed by atoms with Gasteiger partial charge >= 0.3 is 6.18 Å². The molecule has 1 aromatic carbocycles. The summed E-state index contributed by atoms with van der Waals surface area (Å²) < 4.78 is 37.7. The van der Waals surface area contributed by atoms with Crippen LogP contribution in [-0.4, -0.2) is 21.5 Å². The summed E-state index contributed by atoms with van der Waals surface area (Å²) in [6, 6.07) is 5.31. The van der Waals surface area contributed by atoms with Gasteiger partial charge in [0.25, 0.3) is 0 Å². The lowest BCUT2D eigenvalue weighted by Gasteiger charge is -2.08. The number of hydrogen-bond donors (Lipinski definition) is 1. The molecule has 3 nitrogen and oxygen atoms in total. The van der Waals surface area contributed by atoms with Crippen molar-refractivity contribution in [1.29, 1.82) is 0 Å². The Morgan fingerprint density at radius 2 is 1.76 bits per heavy atom. The van der Waals surface area contributed by atoms with Crippen molar-refractivity contribution >= 4 is 29.3 Å². The Morgan fingerprint density at radius 3 is 2.48 bits per heavy atom. The maximum atomic E-state index is 12.6. The number of halogens is 3. The van der Waals surface area contributed by atoms with Crippen molar-refractivity contribution in [3.05, 3.63) is 42.2 Å². The molecule has 0 spiro atoms. The van der Waals surface area contributed by atoms with Crippen LogP contribution in [0.1, 0.15) is 5.56 Å². The summed E-state index contributed by atoms with van der Waals surface area (Å²) >= 11 is 2.80. The number of nitrogens with two attached hydrogens (primary N) is 1. The standard InChI is InChI=1S/C13H12F3N3S2/c14-13(15,16)9-2-1-3-10(8-9)20-6-7-21-12-11(17)18-4-5-19-12/h1-5,8H,6-7H2,(H2,17,18). The smallest absolute Gasteiger partial charge is 0.381 e. The van der Waals surface area contributed by atoms with E-state index in [-0.39, 0.29) is 0 Å². The Balaban J connectivity index is 1.85. The van der Waals surface area contributed by atoms with E-state index in [1.54, 1.807) is 12.3 Å². The van der Waals surface area contributed by atoms with Crippen molar-refractivity contribution in [3.8, 4) is 0 Å². The zero-order chi connectivity index (χ0) is 15.3. The van der Waals surface area contributed by atoms with Crippen LogP contribution in [0.4, 0.5) is 19.0 Å². The van der Waals surface area contributed by atoms with E-state index in [0.29, 0.717) is 27.2 Å². The van der Waals surface area contributed by atoms with Crippen molar-refractivity contribution in [3.63, 3.8) is 0 Å². The molecular formula is C13H12F3N3S2. The van der Waals surface area contributed by atoms with Gasteiger partial charge in [-0.2, -0.15) is 13.2 Å². The summed E-state index contributed by atoms with van der Waals surface area (Å²) in [6.07, 6.45) is -1.24. The van der Waals surface area contributed by atoms with Gasteiger partial charge in [-0.3, -0.25) is 0 Å². The van der Waals surface area contributed by atoms with Gasteiger partial charge in [-0.05, 0) is 18.2 Å². The average molecular weight is 331 g/mol. The van der Waals surface area contributed by atoms with Gasteiger partial charge in [-0.1, -0.05) is 6.07 Å². The van der Waals surface area contributed by atoms with Crippen LogP contribution in [0.2, 0.25) is 0 Å². The SMILES string of the molecule is Nc1nccnc1SCCSc1cccc(C(F)(F)F)c1. The number of benzene rings is 1. The van der Waals surface area contributed by atoms with E-state index >= 15 is 0 Å². The molecule has 112 valence electrons. The lowest BCUT2D eigenvalue weighted by molar-refractivity contribution is -0.137. The van der Waals surface area contributed by atoms with Gasteiger partial charge in [0.1, 0.15) is 5.03 Å². The fourth-order valence-corrected chi connectivity index (χ4v) is 3.32. The molecule has 1 aromatic heterocycles. The molecule has 0 aliphatic rings. The summed E-state index contributed by atoms with van der Waals surface area (Å²) in [5.74, 6) is 1.71. The Hall–Kier alpha value is -1.41. The summed E-state index contributed by atoms with van der Waals surface area (Å²) in [6.45, 7) is 0. The van der Waals surface area contributed by atoms with Crippen LogP contribution in [0, 0.1) is 0 Å². The highest BCUT2D eigenvalue weighted by Crippen LogP contribution is 2.32. The lowest BCUT2D eigenvalue weighted by Crippen LogP contribution is -2.04. The minimum Gasteiger partial charge on any atom is -0.381 e. The van der Waals surface area contributed by atoms with Gasteiger partial charge in [0.2, 0.25) is 0 Å². The first-order chi connectivity index (χ1) is 9.97. The molecular weight excluding hydrogens is 319 g/mol. The second kappa shape index (κ2) is 7.04. The van der Waals surface area contributed by atoms with Crippen LogP contribution in [0.25, 0.3) is 0 Å². The Morgan fingerprint density at radius 1 is 1.05 bits per heavy atom. The summed E-state index contributed by atoms with van der Waals surface area (Å²) in [7, 11) is 0. The van der Waals surface area contributed by atoms with Crippen LogP contribution in [-0.2, 0) is 6.18 Å². The van der Waals surface area contributed by atoms with E-state index in [1.807, 2.05) is 0 Å². The molecule has 0 saturated carbocycles. The fourth-order valence-electron chi connectivity index (χ4n) is 1.51. The monoisotopic (exact) mass is 331 g/mol. The van der Waals surface area contributed by atoms with Gasteiger partial charge in [0.05, 0.1) is 5.56 Å². The molecule has 0 unspecified atom stereocenters. The van der Waals surface area contributed by atoms with Crippen LogP contribution in [0.15, 0.2) is 46.6 Å². The molecule has 0 bridgehead atoms. The summed E-state index contributed by atoms with van der Waals surface area (Å²) in [4.78, 5) is 8.60. The van der Waals surface area contributed by atoms with Crippen LogP contribution in [0.5, 0.6) is 0 Å². The molecule has 21 heavy (non-hydrogen) atoms. The van der Waals surface area contributed by atoms with Crippen molar-refractivity contribution in [2.75, 3.05) is 17.2 Å². The van der Waals surface area contributed by atoms with Gasteiger partial charge in [0.15, 0.2) is 5.82 Å². The number of alkyl halides is 3. The third kappa shape index (κ3) is 4.82. The number of anilines is 1. The molecule has 0 amide bonds. The number of nitrogen functional groups attached to an aromatic ring is 1. The molecule has 0 radical (unpaired) electrons. The van der Waals surface area contributed by atoms with Crippen molar-refractivity contribution < 1.29 is 13.2 Å². The second-order valence-corrected chi connectivity index (χ2v) is 6.22. The fraction of sp³-hybridized carbons (Fsp3) is 0.231. The first kappa shape index (κ1) is 16.0. The Labute approximate surface area is 128 Å². The largest absolute Gasteiger partial charge is 0.416 e. The molecule has 0 saturated heterocycles. The van der Waals surface area contributed by atoms with Crippen LogP contribution < -0.4 is 5.73 Å². The number of rotatable bonds is 5. The highest BCUT2D eigenvalue weighted by molar-refractivity contribution is 8.03. The summed E-state index contributed by atoms with van der Waals surface area (Å²) in [5.41, 5.74) is 5.03. The van der Waals surface area contributed by atoms with Crippen LogP contribution >= 0.6 is 23.5 Å². The van der Waals surface area contributed by atoms with Gasteiger partial charge in [-0.15, -0.1) is 23.5 Å². The number of hydrogen-bond acceptors (Lipinski definition) is 5. The van der Waals surface area contributed by atoms with Crippen molar-refractivity contribution in [2.45, 2.75) is 16.1 Å². The van der Waals surface area contributed by atoms with Gasteiger partial charge < -0.3 is 5.73 Å². The summed E-state index contributed by atoms with van der Waals surface area (Å²) in [5, 5.41) is 0.641. The average Bonchev–Trinajstić information content (AvgIpc) is 2.45.